The summed E-state index contributed by atoms with van der Waals surface area (Å²) in [6.07, 6.45) is 2.77. The molecular formula is C15H20N6O2. The van der Waals surface area contributed by atoms with Crippen LogP contribution in [0.1, 0.15) is 19.8 Å². The lowest BCUT2D eigenvalue weighted by molar-refractivity contribution is 0.145. The maximum Gasteiger partial charge on any atom is 0.320 e. The standard InChI is InChI=1S/C15H20N6O2/c1-2-16-15(23)19-12-9-17-11-3-4-13(20-14(11)18-12)21-7-5-10(22)6-8-21/h3-4,9-10,22H,2,5-8H2,1H3,(H2,16,18,19,20,23). The number of amides is 2. The van der Waals surface area contributed by atoms with Gasteiger partial charge in [0, 0.05) is 19.6 Å². The van der Waals surface area contributed by atoms with Crippen molar-refractivity contribution in [3.63, 3.8) is 0 Å². The molecule has 3 rings (SSSR count). The molecule has 1 saturated heterocycles. The number of aromatic nitrogens is 3. The molecule has 0 aromatic carbocycles. The number of carbonyl (C=O) groups excluding carboxylic acids is 1. The second-order valence-corrected chi connectivity index (χ2v) is 5.47. The summed E-state index contributed by atoms with van der Waals surface area (Å²) in [6.45, 7) is 3.92. The Morgan fingerprint density at radius 1 is 1.35 bits per heavy atom. The van der Waals surface area contributed by atoms with Crippen molar-refractivity contribution in [2.45, 2.75) is 25.9 Å². The highest BCUT2D eigenvalue weighted by Gasteiger charge is 2.18. The highest BCUT2D eigenvalue weighted by molar-refractivity contribution is 5.89. The molecule has 1 fully saturated rings. The number of anilines is 2. The smallest absolute Gasteiger partial charge is 0.320 e. The lowest BCUT2D eigenvalue weighted by Crippen LogP contribution is -2.36. The number of aliphatic hydroxyl groups is 1. The second kappa shape index (κ2) is 6.74. The maximum atomic E-state index is 11.6. The molecule has 2 aromatic rings. The number of urea groups is 1. The Morgan fingerprint density at radius 3 is 2.87 bits per heavy atom. The van der Waals surface area contributed by atoms with E-state index in [0.717, 1.165) is 31.7 Å². The van der Waals surface area contributed by atoms with Crippen LogP contribution in [0.4, 0.5) is 16.4 Å². The van der Waals surface area contributed by atoms with Crippen LogP contribution in [0.3, 0.4) is 0 Å². The number of fused-ring (bicyclic) bond motifs is 1. The van der Waals surface area contributed by atoms with E-state index in [1.165, 1.54) is 6.20 Å². The number of rotatable bonds is 3. The van der Waals surface area contributed by atoms with Gasteiger partial charge in [-0.05, 0) is 31.9 Å². The molecule has 0 aliphatic carbocycles. The van der Waals surface area contributed by atoms with Crippen LogP contribution in [0.2, 0.25) is 0 Å². The molecule has 122 valence electrons. The van der Waals surface area contributed by atoms with Crippen LogP contribution in [0.15, 0.2) is 18.3 Å². The van der Waals surface area contributed by atoms with E-state index in [2.05, 4.69) is 30.5 Å². The quantitative estimate of drug-likeness (QED) is 0.784. The molecule has 8 nitrogen and oxygen atoms in total. The van der Waals surface area contributed by atoms with Gasteiger partial charge in [-0.3, -0.25) is 5.32 Å². The molecule has 0 radical (unpaired) electrons. The maximum absolute atomic E-state index is 11.6. The van der Waals surface area contributed by atoms with Crippen LogP contribution < -0.4 is 15.5 Å². The normalized spacial score (nSPS) is 15.7. The van der Waals surface area contributed by atoms with Crippen molar-refractivity contribution in [1.29, 1.82) is 0 Å². The summed E-state index contributed by atoms with van der Waals surface area (Å²) >= 11 is 0. The van der Waals surface area contributed by atoms with Gasteiger partial charge in [-0.25, -0.2) is 19.7 Å². The fraction of sp³-hybridized carbons (Fsp3) is 0.467. The van der Waals surface area contributed by atoms with Gasteiger partial charge in [0.25, 0.3) is 0 Å². The van der Waals surface area contributed by atoms with Gasteiger partial charge in [-0.2, -0.15) is 0 Å². The van der Waals surface area contributed by atoms with Crippen molar-refractivity contribution in [3.8, 4) is 0 Å². The van der Waals surface area contributed by atoms with Crippen molar-refractivity contribution in [1.82, 2.24) is 20.3 Å². The zero-order valence-electron chi connectivity index (χ0n) is 13.0. The number of hydrogen-bond acceptors (Lipinski definition) is 6. The van der Waals surface area contributed by atoms with Crippen LogP contribution in [-0.4, -0.2) is 51.8 Å². The van der Waals surface area contributed by atoms with E-state index in [9.17, 15) is 9.90 Å². The Bertz CT molecular complexity index is 699. The Morgan fingerprint density at radius 2 is 2.13 bits per heavy atom. The largest absolute Gasteiger partial charge is 0.393 e. The van der Waals surface area contributed by atoms with E-state index in [1.807, 2.05) is 19.1 Å². The van der Waals surface area contributed by atoms with Crippen molar-refractivity contribution >= 4 is 28.8 Å². The number of hydrogen-bond donors (Lipinski definition) is 3. The van der Waals surface area contributed by atoms with Crippen LogP contribution in [0, 0.1) is 0 Å². The van der Waals surface area contributed by atoms with Gasteiger partial charge in [0.15, 0.2) is 11.5 Å². The topological polar surface area (TPSA) is 103 Å². The van der Waals surface area contributed by atoms with E-state index in [0.29, 0.717) is 23.5 Å². The first-order chi connectivity index (χ1) is 11.2. The molecule has 0 saturated carbocycles. The first-order valence-electron chi connectivity index (χ1n) is 7.77. The van der Waals surface area contributed by atoms with E-state index in [4.69, 9.17) is 0 Å². The van der Waals surface area contributed by atoms with Crippen LogP contribution >= 0.6 is 0 Å². The molecule has 23 heavy (non-hydrogen) atoms. The molecule has 8 heteroatoms. The fourth-order valence-corrected chi connectivity index (χ4v) is 2.54. The number of piperidine rings is 1. The minimum atomic E-state index is -0.317. The first-order valence-corrected chi connectivity index (χ1v) is 7.77. The molecule has 0 atom stereocenters. The monoisotopic (exact) mass is 316 g/mol. The van der Waals surface area contributed by atoms with Gasteiger partial charge in [-0.1, -0.05) is 0 Å². The molecule has 2 amide bonds. The number of nitrogens with one attached hydrogen (secondary N) is 2. The van der Waals surface area contributed by atoms with Crippen molar-refractivity contribution in [2.75, 3.05) is 29.9 Å². The molecule has 1 aliphatic rings. The van der Waals surface area contributed by atoms with E-state index < -0.39 is 0 Å². The summed E-state index contributed by atoms with van der Waals surface area (Å²) in [5.41, 5.74) is 1.16. The third-order valence-corrected chi connectivity index (χ3v) is 3.76. The van der Waals surface area contributed by atoms with E-state index in [1.54, 1.807) is 0 Å². The average molecular weight is 316 g/mol. The lowest BCUT2D eigenvalue weighted by Gasteiger charge is -2.30. The predicted octanol–water partition coefficient (Wildman–Crippen LogP) is 1.13. The van der Waals surface area contributed by atoms with Crippen molar-refractivity contribution in [3.05, 3.63) is 18.3 Å². The highest BCUT2D eigenvalue weighted by Crippen LogP contribution is 2.20. The highest BCUT2D eigenvalue weighted by atomic mass is 16.3. The molecule has 0 spiro atoms. The summed E-state index contributed by atoms with van der Waals surface area (Å²) in [4.78, 5) is 26.8. The predicted molar refractivity (Wildman–Crippen MR) is 87.5 cm³/mol. The Balaban J connectivity index is 1.81. The Labute approximate surface area is 134 Å². The van der Waals surface area contributed by atoms with Gasteiger partial charge in [0.1, 0.15) is 11.3 Å². The van der Waals surface area contributed by atoms with E-state index >= 15 is 0 Å². The molecule has 3 heterocycles. The Hall–Kier alpha value is -2.48. The number of pyridine rings is 1. The van der Waals surface area contributed by atoms with Gasteiger partial charge >= 0.3 is 6.03 Å². The number of carbonyl (C=O) groups is 1. The molecule has 0 unspecified atom stereocenters. The summed E-state index contributed by atoms with van der Waals surface area (Å²) < 4.78 is 0. The molecule has 2 aromatic heterocycles. The molecular weight excluding hydrogens is 296 g/mol. The number of aliphatic hydroxyl groups excluding tert-OH is 1. The summed E-state index contributed by atoms with van der Waals surface area (Å²) in [7, 11) is 0. The number of nitrogens with zero attached hydrogens (tertiary/aromatic N) is 4. The Kier molecular flexibility index (Phi) is 4.52. The third-order valence-electron chi connectivity index (χ3n) is 3.76. The van der Waals surface area contributed by atoms with Gasteiger partial charge in [-0.15, -0.1) is 0 Å². The SMILES string of the molecule is CCNC(=O)Nc1cnc2ccc(N3CCC(O)CC3)nc2n1. The molecule has 3 N–H and O–H groups in total. The van der Waals surface area contributed by atoms with E-state index in [-0.39, 0.29) is 12.1 Å². The zero-order chi connectivity index (χ0) is 16.2. The van der Waals surface area contributed by atoms with Crippen molar-refractivity contribution < 1.29 is 9.90 Å². The van der Waals surface area contributed by atoms with Crippen LogP contribution in [-0.2, 0) is 0 Å². The lowest BCUT2D eigenvalue weighted by atomic mass is 10.1. The molecule has 1 aliphatic heterocycles. The average Bonchev–Trinajstić information content (AvgIpc) is 2.55. The van der Waals surface area contributed by atoms with Crippen molar-refractivity contribution in [2.24, 2.45) is 0 Å². The van der Waals surface area contributed by atoms with Gasteiger partial charge < -0.3 is 15.3 Å². The van der Waals surface area contributed by atoms with Crippen LogP contribution in [0.5, 0.6) is 0 Å². The summed E-state index contributed by atoms with van der Waals surface area (Å²) in [5, 5.41) is 14.9. The van der Waals surface area contributed by atoms with Gasteiger partial charge in [0.2, 0.25) is 0 Å². The third kappa shape index (κ3) is 3.65. The molecule has 0 bridgehead atoms. The van der Waals surface area contributed by atoms with Crippen LogP contribution in [0.25, 0.3) is 11.2 Å². The zero-order valence-corrected chi connectivity index (χ0v) is 13.0. The summed E-state index contributed by atoms with van der Waals surface area (Å²) in [6, 6.07) is 3.46. The minimum Gasteiger partial charge on any atom is -0.393 e. The summed E-state index contributed by atoms with van der Waals surface area (Å²) in [5.74, 6) is 1.18. The first kappa shape index (κ1) is 15.4. The second-order valence-electron chi connectivity index (χ2n) is 5.47. The minimum absolute atomic E-state index is 0.223. The fourth-order valence-electron chi connectivity index (χ4n) is 2.54. The van der Waals surface area contributed by atoms with Gasteiger partial charge in [0.05, 0.1) is 12.3 Å².